The van der Waals surface area contributed by atoms with Crippen LogP contribution in [0.1, 0.15) is 32.6 Å². The summed E-state index contributed by atoms with van der Waals surface area (Å²) in [6, 6.07) is 0.287. The second kappa shape index (κ2) is 6.57. The van der Waals surface area contributed by atoms with Crippen molar-refractivity contribution in [1.29, 1.82) is 0 Å². The van der Waals surface area contributed by atoms with Crippen molar-refractivity contribution in [3.63, 3.8) is 0 Å². The van der Waals surface area contributed by atoms with Crippen LogP contribution in [0.15, 0.2) is 0 Å². The van der Waals surface area contributed by atoms with Gasteiger partial charge in [0.1, 0.15) is 0 Å². The van der Waals surface area contributed by atoms with Crippen LogP contribution in [0.3, 0.4) is 0 Å². The first-order valence-corrected chi connectivity index (χ1v) is 7.32. The van der Waals surface area contributed by atoms with Gasteiger partial charge in [-0.3, -0.25) is 0 Å². The maximum absolute atomic E-state index is 12.3. The molecule has 1 atom stereocenters. The van der Waals surface area contributed by atoms with E-state index >= 15 is 0 Å². The van der Waals surface area contributed by atoms with Crippen molar-refractivity contribution < 1.29 is 14.3 Å². The molecule has 110 valence electrons. The van der Waals surface area contributed by atoms with Crippen molar-refractivity contribution in [1.82, 2.24) is 10.2 Å². The molecule has 2 heterocycles. The highest BCUT2D eigenvalue weighted by Gasteiger charge is 2.37. The van der Waals surface area contributed by atoms with Gasteiger partial charge < -0.3 is 19.7 Å². The Morgan fingerprint density at radius 2 is 2.26 bits per heavy atom. The Balaban J connectivity index is 1.83. The van der Waals surface area contributed by atoms with Crippen LogP contribution >= 0.6 is 0 Å². The molecule has 5 nitrogen and oxygen atoms in total. The van der Waals surface area contributed by atoms with Crippen molar-refractivity contribution >= 4 is 6.03 Å². The van der Waals surface area contributed by atoms with Crippen molar-refractivity contribution in [2.75, 3.05) is 40.0 Å². The molecule has 19 heavy (non-hydrogen) atoms. The summed E-state index contributed by atoms with van der Waals surface area (Å²) < 4.78 is 10.5. The number of urea groups is 1. The Hall–Kier alpha value is -0.810. The third-order valence-corrected chi connectivity index (χ3v) is 4.43. The standard InChI is InChI=1S/C14H26N2O3/c1-3-14(10-19-11-14)9-15-13(17)16-7-5-4-6-12(16)8-18-2/h12H,3-11H2,1-2H3,(H,15,17). The molecule has 2 fully saturated rings. The summed E-state index contributed by atoms with van der Waals surface area (Å²) in [4.78, 5) is 14.2. The van der Waals surface area contributed by atoms with Gasteiger partial charge in [-0.15, -0.1) is 0 Å². The molecule has 0 aromatic heterocycles. The molecule has 1 unspecified atom stereocenters. The van der Waals surface area contributed by atoms with Crippen LogP contribution in [0.5, 0.6) is 0 Å². The molecule has 5 heteroatoms. The van der Waals surface area contributed by atoms with E-state index in [0.717, 1.165) is 45.6 Å². The van der Waals surface area contributed by atoms with E-state index in [2.05, 4.69) is 12.2 Å². The number of nitrogens with zero attached hydrogens (tertiary/aromatic N) is 1. The first kappa shape index (κ1) is 14.6. The fourth-order valence-corrected chi connectivity index (χ4v) is 2.82. The minimum Gasteiger partial charge on any atom is -0.383 e. The maximum atomic E-state index is 12.3. The Labute approximate surface area is 115 Å². The number of hydrogen-bond donors (Lipinski definition) is 1. The van der Waals surface area contributed by atoms with Crippen molar-refractivity contribution in [3.05, 3.63) is 0 Å². The quantitative estimate of drug-likeness (QED) is 0.826. The van der Waals surface area contributed by atoms with Crippen molar-refractivity contribution in [2.45, 2.75) is 38.6 Å². The number of nitrogens with one attached hydrogen (secondary N) is 1. The summed E-state index contributed by atoms with van der Waals surface area (Å²) >= 11 is 0. The maximum Gasteiger partial charge on any atom is 0.317 e. The zero-order chi connectivity index (χ0) is 13.7. The van der Waals surface area contributed by atoms with E-state index in [1.165, 1.54) is 6.42 Å². The average molecular weight is 270 g/mol. The summed E-state index contributed by atoms with van der Waals surface area (Å²) in [5.74, 6) is 0. The van der Waals surface area contributed by atoms with Gasteiger partial charge in [-0.25, -0.2) is 4.79 Å². The molecule has 2 saturated heterocycles. The molecule has 0 bridgehead atoms. The van der Waals surface area contributed by atoms with Crippen molar-refractivity contribution in [3.8, 4) is 0 Å². The van der Waals surface area contributed by atoms with E-state index in [0.29, 0.717) is 6.61 Å². The number of carbonyl (C=O) groups is 1. The first-order valence-electron chi connectivity index (χ1n) is 7.32. The number of carbonyl (C=O) groups excluding carboxylic acids is 1. The number of ether oxygens (including phenoxy) is 2. The van der Waals surface area contributed by atoms with Gasteiger partial charge in [-0.2, -0.15) is 0 Å². The second-order valence-corrected chi connectivity index (χ2v) is 5.80. The molecule has 2 aliphatic heterocycles. The van der Waals surface area contributed by atoms with Crippen LogP contribution in [0.4, 0.5) is 4.79 Å². The Morgan fingerprint density at radius 1 is 1.47 bits per heavy atom. The molecule has 2 amide bonds. The summed E-state index contributed by atoms with van der Waals surface area (Å²) in [6.07, 6.45) is 4.37. The minimum absolute atomic E-state index is 0.0569. The molecular formula is C14H26N2O3. The number of rotatable bonds is 5. The molecule has 0 saturated carbocycles. The number of hydrogen-bond acceptors (Lipinski definition) is 3. The topological polar surface area (TPSA) is 50.8 Å². The minimum atomic E-state index is 0.0569. The lowest BCUT2D eigenvalue weighted by molar-refractivity contribution is -0.111. The monoisotopic (exact) mass is 270 g/mol. The smallest absolute Gasteiger partial charge is 0.317 e. The second-order valence-electron chi connectivity index (χ2n) is 5.80. The summed E-state index contributed by atoms with van der Waals surface area (Å²) in [7, 11) is 1.70. The molecule has 1 N–H and O–H groups in total. The predicted octanol–water partition coefficient (Wildman–Crippen LogP) is 1.62. The van der Waals surface area contributed by atoms with Gasteiger partial charge in [0.05, 0.1) is 25.9 Å². The molecule has 2 rings (SSSR count). The first-order chi connectivity index (χ1) is 9.21. The summed E-state index contributed by atoms with van der Waals surface area (Å²) in [5.41, 5.74) is 0.169. The fraction of sp³-hybridized carbons (Fsp3) is 0.929. The highest BCUT2D eigenvalue weighted by Crippen LogP contribution is 2.30. The highest BCUT2D eigenvalue weighted by atomic mass is 16.5. The molecular weight excluding hydrogens is 244 g/mol. The summed E-state index contributed by atoms with van der Waals surface area (Å²) in [6.45, 7) is 5.89. The normalized spacial score (nSPS) is 25.8. The van der Waals surface area contributed by atoms with Gasteiger partial charge in [0.15, 0.2) is 0 Å². The van der Waals surface area contributed by atoms with E-state index in [1.54, 1.807) is 7.11 Å². The molecule has 0 spiro atoms. The van der Waals surface area contributed by atoms with E-state index in [4.69, 9.17) is 9.47 Å². The van der Waals surface area contributed by atoms with E-state index < -0.39 is 0 Å². The lowest BCUT2D eigenvalue weighted by Gasteiger charge is -2.42. The van der Waals surface area contributed by atoms with Crippen LogP contribution in [-0.2, 0) is 9.47 Å². The van der Waals surface area contributed by atoms with Gasteiger partial charge in [0.25, 0.3) is 0 Å². The average Bonchev–Trinajstić information content (AvgIpc) is 2.39. The number of amides is 2. The molecule has 0 radical (unpaired) electrons. The summed E-state index contributed by atoms with van der Waals surface area (Å²) in [5, 5.41) is 3.09. The predicted molar refractivity (Wildman–Crippen MR) is 73.2 cm³/mol. The van der Waals surface area contributed by atoms with Crippen LogP contribution in [0.2, 0.25) is 0 Å². The molecule has 0 aliphatic carbocycles. The number of piperidine rings is 1. The van der Waals surface area contributed by atoms with Gasteiger partial charge in [-0.1, -0.05) is 6.92 Å². The molecule has 0 aromatic rings. The number of likely N-dealkylation sites (tertiary alicyclic amines) is 1. The van der Waals surface area contributed by atoms with Gasteiger partial charge in [0.2, 0.25) is 0 Å². The third kappa shape index (κ3) is 3.39. The molecule has 2 aliphatic rings. The lowest BCUT2D eigenvalue weighted by atomic mass is 9.83. The van der Waals surface area contributed by atoms with E-state index in [1.807, 2.05) is 4.90 Å². The highest BCUT2D eigenvalue weighted by molar-refractivity contribution is 5.74. The van der Waals surface area contributed by atoms with E-state index in [9.17, 15) is 4.79 Å². The third-order valence-electron chi connectivity index (χ3n) is 4.43. The van der Waals surface area contributed by atoms with Crippen LogP contribution in [-0.4, -0.2) is 57.0 Å². The van der Waals surface area contributed by atoms with Gasteiger partial charge in [-0.05, 0) is 25.7 Å². The largest absolute Gasteiger partial charge is 0.383 e. The lowest BCUT2D eigenvalue weighted by Crippen LogP contribution is -2.55. The SMILES string of the molecule is CCC1(CNC(=O)N2CCCCC2COC)COC1. The fourth-order valence-electron chi connectivity index (χ4n) is 2.82. The Morgan fingerprint density at radius 3 is 2.84 bits per heavy atom. The molecule has 0 aromatic carbocycles. The van der Waals surface area contributed by atoms with Crippen LogP contribution in [0, 0.1) is 5.41 Å². The Kier molecular flexibility index (Phi) is 5.05. The zero-order valence-electron chi connectivity index (χ0n) is 12.1. The van der Waals surface area contributed by atoms with Gasteiger partial charge in [0, 0.05) is 25.6 Å². The van der Waals surface area contributed by atoms with Crippen molar-refractivity contribution in [2.24, 2.45) is 5.41 Å². The van der Waals surface area contributed by atoms with Crippen LogP contribution in [0.25, 0.3) is 0 Å². The van der Waals surface area contributed by atoms with Crippen LogP contribution < -0.4 is 5.32 Å². The number of methoxy groups -OCH3 is 1. The van der Waals surface area contributed by atoms with Gasteiger partial charge >= 0.3 is 6.03 Å². The zero-order valence-corrected chi connectivity index (χ0v) is 12.1. The van der Waals surface area contributed by atoms with E-state index in [-0.39, 0.29) is 17.5 Å². The Bertz CT molecular complexity index is 298.